The molecule has 2 rings (SSSR count). The van der Waals surface area contributed by atoms with Crippen molar-refractivity contribution in [2.75, 3.05) is 0 Å². The first kappa shape index (κ1) is 9.00. The molecule has 14 heavy (non-hydrogen) atoms. The van der Waals surface area contributed by atoms with E-state index in [0.29, 0.717) is 0 Å². The van der Waals surface area contributed by atoms with Gasteiger partial charge in [0.2, 0.25) is 0 Å². The van der Waals surface area contributed by atoms with E-state index in [2.05, 4.69) is 49.3 Å². The topological polar surface area (TPSA) is 17.8 Å². The summed E-state index contributed by atoms with van der Waals surface area (Å²) in [5.74, 6) is 0. The summed E-state index contributed by atoms with van der Waals surface area (Å²) in [5, 5.41) is 4.27. The molecule has 2 nitrogen and oxygen atoms in total. The maximum atomic E-state index is 4.27. The number of rotatable bonds is 2. The molecule has 0 N–H and O–H groups in total. The van der Waals surface area contributed by atoms with E-state index >= 15 is 0 Å². The van der Waals surface area contributed by atoms with Crippen molar-refractivity contribution in [1.82, 2.24) is 9.78 Å². The number of hydrogen-bond acceptors (Lipinski definition) is 1. The Kier molecular flexibility index (Phi) is 2.35. The highest BCUT2D eigenvalue weighted by molar-refractivity contribution is 5.63. The lowest BCUT2D eigenvalue weighted by molar-refractivity contribution is 0.667. The van der Waals surface area contributed by atoms with E-state index in [1.54, 1.807) is 0 Å². The maximum absolute atomic E-state index is 4.27. The first-order valence-electron chi connectivity index (χ1n) is 4.90. The van der Waals surface area contributed by atoms with Gasteiger partial charge in [0.1, 0.15) is 0 Å². The van der Waals surface area contributed by atoms with Crippen LogP contribution < -0.4 is 0 Å². The van der Waals surface area contributed by atoms with Crippen molar-refractivity contribution >= 4 is 0 Å². The van der Waals surface area contributed by atoms with Crippen LogP contribution in [0.1, 0.15) is 12.5 Å². The van der Waals surface area contributed by atoms with Gasteiger partial charge in [0.25, 0.3) is 0 Å². The van der Waals surface area contributed by atoms with Crippen molar-refractivity contribution in [3.05, 3.63) is 42.1 Å². The number of hydrogen-bond donors (Lipinski definition) is 0. The standard InChI is InChI=1S/C12H14N2/c1-3-14-12(8-9-13-14)11-7-5-4-6-10(11)2/h4-9H,3H2,1-2H3. The molecule has 72 valence electrons. The number of aryl methyl sites for hydroxylation is 2. The van der Waals surface area contributed by atoms with Gasteiger partial charge in [-0.3, -0.25) is 4.68 Å². The van der Waals surface area contributed by atoms with Gasteiger partial charge in [-0.1, -0.05) is 24.3 Å². The van der Waals surface area contributed by atoms with Crippen molar-refractivity contribution in [3.63, 3.8) is 0 Å². The van der Waals surface area contributed by atoms with Gasteiger partial charge in [0.05, 0.1) is 5.69 Å². The molecule has 2 aromatic rings. The third kappa shape index (κ3) is 1.43. The van der Waals surface area contributed by atoms with Gasteiger partial charge in [0.15, 0.2) is 0 Å². The van der Waals surface area contributed by atoms with Crippen molar-refractivity contribution in [2.24, 2.45) is 0 Å². The predicted molar refractivity (Wildman–Crippen MR) is 58.1 cm³/mol. The lowest BCUT2D eigenvalue weighted by Gasteiger charge is -2.07. The zero-order valence-corrected chi connectivity index (χ0v) is 8.57. The summed E-state index contributed by atoms with van der Waals surface area (Å²) < 4.78 is 2.02. The molecule has 0 aliphatic rings. The number of nitrogens with zero attached hydrogens (tertiary/aromatic N) is 2. The fourth-order valence-electron chi connectivity index (χ4n) is 1.67. The molecule has 0 aliphatic heterocycles. The van der Waals surface area contributed by atoms with Gasteiger partial charge in [0, 0.05) is 18.3 Å². The van der Waals surface area contributed by atoms with Crippen molar-refractivity contribution in [3.8, 4) is 11.3 Å². The quantitative estimate of drug-likeness (QED) is 0.705. The van der Waals surface area contributed by atoms with Crippen molar-refractivity contribution in [2.45, 2.75) is 20.4 Å². The van der Waals surface area contributed by atoms with Crippen LogP contribution in [0.5, 0.6) is 0 Å². The van der Waals surface area contributed by atoms with Crippen LogP contribution >= 0.6 is 0 Å². The molecular weight excluding hydrogens is 172 g/mol. The second kappa shape index (κ2) is 3.66. The molecule has 0 saturated carbocycles. The van der Waals surface area contributed by atoms with Crippen LogP contribution in [0.4, 0.5) is 0 Å². The summed E-state index contributed by atoms with van der Waals surface area (Å²) in [6.45, 7) is 5.15. The zero-order valence-electron chi connectivity index (χ0n) is 8.57. The highest BCUT2D eigenvalue weighted by atomic mass is 15.3. The van der Waals surface area contributed by atoms with Crippen LogP contribution in [0.25, 0.3) is 11.3 Å². The summed E-state index contributed by atoms with van der Waals surface area (Å²) in [6, 6.07) is 10.5. The van der Waals surface area contributed by atoms with E-state index < -0.39 is 0 Å². The van der Waals surface area contributed by atoms with E-state index in [9.17, 15) is 0 Å². The molecule has 0 saturated heterocycles. The lowest BCUT2D eigenvalue weighted by Crippen LogP contribution is -1.99. The smallest absolute Gasteiger partial charge is 0.0684 e. The molecule has 2 heteroatoms. The van der Waals surface area contributed by atoms with Crippen molar-refractivity contribution in [1.29, 1.82) is 0 Å². The van der Waals surface area contributed by atoms with Gasteiger partial charge >= 0.3 is 0 Å². The fraction of sp³-hybridized carbons (Fsp3) is 0.250. The highest BCUT2D eigenvalue weighted by Gasteiger charge is 2.05. The first-order chi connectivity index (χ1) is 6.83. The fourth-order valence-corrected chi connectivity index (χ4v) is 1.67. The van der Waals surface area contributed by atoms with Crippen LogP contribution in [0.2, 0.25) is 0 Å². The SMILES string of the molecule is CCn1nccc1-c1ccccc1C. The Morgan fingerprint density at radius 3 is 2.71 bits per heavy atom. The monoisotopic (exact) mass is 186 g/mol. The highest BCUT2D eigenvalue weighted by Crippen LogP contribution is 2.22. The molecule has 0 radical (unpaired) electrons. The third-order valence-electron chi connectivity index (χ3n) is 2.44. The van der Waals surface area contributed by atoms with Gasteiger partial charge in [-0.2, -0.15) is 5.10 Å². The normalized spacial score (nSPS) is 10.4. The maximum Gasteiger partial charge on any atom is 0.0684 e. The van der Waals surface area contributed by atoms with Crippen LogP contribution in [0.3, 0.4) is 0 Å². The van der Waals surface area contributed by atoms with E-state index in [4.69, 9.17) is 0 Å². The van der Waals surface area contributed by atoms with E-state index in [1.807, 2.05) is 10.9 Å². The molecule has 0 unspecified atom stereocenters. The predicted octanol–water partition coefficient (Wildman–Crippen LogP) is 2.88. The summed E-state index contributed by atoms with van der Waals surface area (Å²) in [5.41, 5.74) is 3.76. The molecule has 1 aromatic carbocycles. The summed E-state index contributed by atoms with van der Waals surface area (Å²) in [6.07, 6.45) is 1.85. The van der Waals surface area contributed by atoms with Gasteiger partial charge in [-0.25, -0.2) is 0 Å². The minimum atomic E-state index is 0.913. The lowest BCUT2D eigenvalue weighted by atomic mass is 10.1. The van der Waals surface area contributed by atoms with Crippen molar-refractivity contribution < 1.29 is 0 Å². The van der Waals surface area contributed by atoms with Crippen LogP contribution in [-0.4, -0.2) is 9.78 Å². The Morgan fingerprint density at radius 1 is 1.21 bits per heavy atom. The molecule has 0 aliphatic carbocycles. The summed E-state index contributed by atoms with van der Waals surface area (Å²) >= 11 is 0. The Balaban J connectivity index is 2.54. The van der Waals surface area contributed by atoms with E-state index in [0.717, 1.165) is 6.54 Å². The Bertz CT molecular complexity index is 429. The first-order valence-corrected chi connectivity index (χ1v) is 4.90. The average molecular weight is 186 g/mol. The molecule has 0 atom stereocenters. The second-order valence-corrected chi connectivity index (χ2v) is 3.35. The average Bonchev–Trinajstić information content (AvgIpc) is 2.66. The molecule has 0 amide bonds. The Labute approximate surface area is 84.2 Å². The van der Waals surface area contributed by atoms with Crippen LogP contribution in [-0.2, 0) is 6.54 Å². The van der Waals surface area contributed by atoms with Gasteiger partial charge < -0.3 is 0 Å². The molecular formula is C12H14N2. The number of benzene rings is 1. The molecule has 0 bridgehead atoms. The largest absolute Gasteiger partial charge is 0.265 e. The summed E-state index contributed by atoms with van der Waals surface area (Å²) in [4.78, 5) is 0. The zero-order chi connectivity index (χ0) is 9.97. The molecule has 1 heterocycles. The Hall–Kier alpha value is -1.57. The molecule has 0 spiro atoms. The van der Waals surface area contributed by atoms with Crippen LogP contribution in [0, 0.1) is 6.92 Å². The minimum absolute atomic E-state index is 0.913. The van der Waals surface area contributed by atoms with Crippen LogP contribution in [0.15, 0.2) is 36.5 Å². The van der Waals surface area contributed by atoms with E-state index in [-0.39, 0.29) is 0 Å². The number of aromatic nitrogens is 2. The van der Waals surface area contributed by atoms with E-state index in [1.165, 1.54) is 16.8 Å². The third-order valence-corrected chi connectivity index (χ3v) is 2.44. The molecule has 0 fully saturated rings. The Morgan fingerprint density at radius 2 is 2.00 bits per heavy atom. The molecule has 1 aromatic heterocycles. The van der Waals surface area contributed by atoms with Gasteiger partial charge in [-0.15, -0.1) is 0 Å². The summed E-state index contributed by atoms with van der Waals surface area (Å²) in [7, 11) is 0. The second-order valence-electron chi connectivity index (χ2n) is 3.35. The minimum Gasteiger partial charge on any atom is -0.265 e. The van der Waals surface area contributed by atoms with Gasteiger partial charge in [-0.05, 0) is 25.5 Å².